The average molecular weight is 355 g/mol. The van der Waals surface area contributed by atoms with Gasteiger partial charge in [0, 0.05) is 0 Å². The molecule has 4 heteroatoms. The van der Waals surface area contributed by atoms with Crippen molar-refractivity contribution in [3.63, 3.8) is 0 Å². The molecule has 0 heterocycles. The number of nitrogens with two attached hydrogens (primary N) is 1. The first-order valence-electron chi connectivity index (χ1n) is 5.94. The second kappa shape index (κ2) is 7.67. The first-order chi connectivity index (χ1) is 7.20. The van der Waals surface area contributed by atoms with Gasteiger partial charge in [-0.25, -0.2) is 0 Å². The monoisotopic (exact) mass is 355 g/mol. The van der Waals surface area contributed by atoms with Crippen LogP contribution in [0.15, 0.2) is 0 Å². The molecule has 1 rings (SSSR count). The van der Waals surface area contributed by atoms with E-state index in [1.54, 1.807) is 0 Å². The zero-order chi connectivity index (χ0) is 11.3. The molecule has 1 fully saturated rings. The third-order valence-corrected chi connectivity index (χ3v) is 10.9. The Morgan fingerprint density at radius 3 is 2.47 bits per heavy atom. The van der Waals surface area contributed by atoms with Crippen molar-refractivity contribution in [1.82, 2.24) is 0 Å². The summed E-state index contributed by atoms with van der Waals surface area (Å²) in [6.45, 7) is 4.42. The minimum absolute atomic E-state index is 0.359. The molecule has 1 saturated carbocycles. The molecule has 0 aromatic carbocycles. The first kappa shape index (κ1) is 14.5. The van der Waals surface area contributed by atoms with Gasteiger partial charge in [-0.05, 0) is 0 Å². The van der Waals surface area contributed by atoms with Crippen molar-refractivity contribution in [1.29, 1.82) is 0 Å². The van der Waals surface area contributed by atoms with Crippen LogP contribution >= 0.6 is 20.7 Å². The molecule has 0 bridgehead atoms. The van der Waals surface area contributed by atoms with Crippen LogP contribution in [0.25, 0.3) is 0 Å². The van der Waals surface area contributed by atoms with Crippen LogP contribution in [0.3, 0.4) is 0 Å². The number of hydrogen-bond acceptors (Lipinski definition) is 2. The second-order valence-corrected chi connectivity index (χ2v) is 10.9. The molecule has 0 aromatic heterocycles. The predicted octanol–water partition coefficient (Wildman–Crippen LogP) is 3.08. The molecule has 88 valence electrons. The predicted molar refractivity (Wildman–Crippen MR) is 72.6 cm³/mol. The topological polar surface area (TPSA) is 26.0 Å². The van der Waals surface area contributed by atoms with Crippen LogP contribution in [0.5, 0.6) is 0 Å². The summed E-state index contributed by atoms with van der Waals surface area (Å²) in [5, 5.41) is 0. The number of halogens is 1. The van der Waals surface area contributed by atoms with E-state index in [-0.39, 0.29) is 0 Å². The zero-order valence-electron chi connectivity index (χ0n) is 9.71. The van der Waals surface area contributed by atoms with Gasteiger partial charge in [0.1, 0.15) is 0 Å². The summed E-state index contributed by atoms with van der Waals surface area (Å²) >= 11 is 1.41. The van der Waals surface area contributed by atoms with Crippen LogP contribution in [-0.2, 0) is 0 Å². The molecule has 15 heavy (non-hydrogen) atoms. The van der Waals surface area contributed by atoms with Crippen molar-refractivity contribution in [3.05, 3.63) is 0 Å². The van der Waals surface area contributed by atoms with Gasteiger partial charge in [-0.2, -0.15) is 0 Å². The molecule has 2 radical (unpaired) electrons. The number of rotatable bonds is 5. The Morgan fingerprint density at radius 2 is 2.00 bits per heavy atom. The van der Waals surface area contributed by atoms with Crippen LogP contribution in [0.1, 0.15) is 39.5 Å². The molecule has 2 N–H and O–H groups in total. The molecule has 0 aromatic rings. The third kappa shape index (κ3) is 4.29. The molecular weight excluding hydrogens is 332 g/mol. The second-order valence-electron chi connectivity index (χ2n) is 4.46. The van der Waals surface area contributed by atoms with E-state index in [2.05, 4.69) is 25.6 Å². The van der Waals surface area contributed by atoms with Crippen LogP contribution in [0, 0.1) is 11.8 Å². The Kier molecular flexibility index (Phi) is 7.40. The maximum atomic E-state index is 6.26. The van der Waals surface area contributed by atoms with Crippen molar-refractivity contribution < 1.29 is 0 Å². The Hall–Kier alpha value is 1.40. The molecule has 1 aliphatic rings. The van der Waals surface area contributed by atoms with Gasteiger partial charge in [0.2, 0.25) is 0 Å². The van der Waals surface area contributed by atoms with Gasteiger partial charge in [-0.3, -0.25) is 0 Å². The third-order valence-electron chi connectivity index (χ3n) is 3.39. The molecule has 4 atom stereocenters. The molecular formula is C11H22ClNSSn. The van der Waals surface area contributed by atoms with Gasteiger partial charge in [-0.15, -0.1) is 0 Å². The van der Waals surface area contributed by atoms with E-state index in [4.69, 9.17) is 14.7 Å². The summed E-state index contributed by atoms with van der Waals surface area (Å²) in [4.78, 5) is 0. The van der Waals surface area contributed by atoms with Crippen molar-refractivity contribution in [2.45, 2.75) is 48.8 Å². The Bertz CT molecular complexity index is 180. The van der Waals surface area contributed by atoms with Crippen molar-refractivity contribution in [2.24, 2.45) is 17.6 Å². The normalized spacial score (nSPS) is 31.2. The molecule has 1 aliphatic carbocycles. The first-order valence-corrected chi connectivity index (χ1v) is 12.2. The van der Waals surface area contributed by atoms with E-state index in [0.717, 1.165) is 15.1 Å². The molecule has 0 amide bonds. The van der Waals surface area contributed by atoms with E-state index >= 15 is 0 Å². The molecule has 0 spiro atoms. The summed E-state index contributed by atoms with van der Waals surface area (Å²) < 4.78 is 0.788. The summed E-state index contributed by atoms with van der Waals surface area (Å²) in [6, 6.07) is 0.359. The van der Waals surface area contributed by atoms with Gasteiger partial charge < -0.3 is 0 Å². The van der Waals surface area contributed by atoms with Gasteiger partial charge in [0.25, 0.3) is 0 Å². The van der Waals surface area contributed by atoms with Crippen molar-refractivity contribution >= 4 is 40.7 Å². The quantitative estimate of drug-likeness (QED) is 0.768. The molecule has 0 aliphatic heterocycles. The van der Waals surface area contributed by atoms with Crippen LogP contribution < -0.4 is 5.73 Å². The van der Waals surface area contributed by atoms with E-state index < -0.39 is 20.0 Å². The summed E-state index contributed by atoms with van der Waals surface area (Å²) in [6.07, 6.45) is 5.47. The standard InChI is InChI=1S/C11H22NS.ClH.Sn/c1-3-13-8-10-6-4-5-7-11(10)9(2)12;;/h8-11H,3-7,12H2,1-2H3;1H;/q;;+1/p-1. The SMILES string of the molecule is CCS[CH]([Sn][Cl])C1CCCCC1C(C)N. The van der Waals surface area contributed by atoms with E-state index in [1.165, 1.54) is 31.4 Å². The molecule has 0 saturated heterocycles. The summed E-state index contributed by atoms with van der Waals surface area (Å²) in [5.41, 5.74) is 6.11. The zero-order valence-corrected chi connectivity index (χ0v) is 14.1. The Morgan fingerprint density at radius 1 is 1.40 bits per heavy atom. The molecule has 4 unspecified atom stereocenters. The van der Waals surface area contributed by atoms with Gasteiger partial charge in [0.15, 0.2) is 0 Å². The fourth-order valence-electron chi connectivity index (χ4n) is 2.63. The van der Waals surface area contributed by atoms with E-state index in [9.17, 15) is 0 Å². The Balaban J connectivity index is 2.60. The fourth-order valence-corrected chi connectivity index (χ4v) is 9.60. The van der Waals surface area contributed by atoms with Crippen LogP contribution in [-0.4, -0.2) is 35.1 Å². The number of thioether (sulfide) groups is 1. The van der Waals surface area contributed by atoms with Crippen LogP contribution in [0.2, 0.25) is 0 Å². The van der Waals surface area contributed by atoms with E-state index in [0.29, 0.717) is 6.04 Å². The van der Waals surface area contributed by atoms with Crippen molar-refractivity contribution in [2.75, 3.05) is 5.75 Å². The van der Waals surface area contributed by atoms with Crippen molar-refractivity contribution in [3.8, 4) is 0 Å². The van der Waals surface area contributed by atoms with Gasteiger partial charge in [0.05, 0.1) is 0 Å². The van der Waals surface area contributed by atoms with Crippen LogP contribution in [0.4, 0.5) is 0 Å². The summed E-state index contributed by atoms with van der Waals surface area (Å²) in [7, 11) is 6.26. The average Bonchev–Trinajstić information content (AvgIpc) is 2.26. The Labute approximate surface area is 112 Å². The van der Waals surface area contributed by atoms with Gasteiger partial charge in [-0.1, -0.05) is 0 Å². The maximum absolute atomic E-state index is 6.26. The summed E-state index contributed by atoms with van der Waals surface area (Å²) in [5.74, 6) is 2.77. The number of hydrogen-bond donors (Lipinski definition) is 1. The van der Waals surface area contributed by atoms with Gasteiger partial charge >= 0.3 is 113 Å². The fraction of sp³-hybridized carbons (Fsp3) is 1.00. The van der Waals surface area contributed by atoms with E-state index in [1.807, 2.05) is 0 Å². The minimum atomic E-state index is -0.680. The molecule has 1 nitrogen and oxygen atoms in total.